The minimum absolute atomic E-state index is 0.112. The summed E-state index contributed by atoms with van der Waals surface area (Å²) in [4.78, 5) is 12.7. The maximum absolute atomic E-state index is 12.7. The fraction of sp³-hybridized carbons (Fsp3) is 0.500. The molecule has 32 heavy (non-hydrogen) atoms. The van der Waals surface area contributed by atoms with Gasteiger partial charge in [0.25, 0.3) is 0 Å². The smallest absolute Gasteiger partial charge is 0.220 e. The molecule has 0 aliphatic heterocycles. The Morgan fingerprint density at radius 1 is 1.31 bits per heavy atom. The fourth-order valence-corrected chi connectivity index (χ4v) is 4.72. The molecule has 2 aliphatic carbocycles. The van der Waals surface area contributed by atoms with Gasteiger partial charge in [0, 0.05) is 32.7 Å². The summed E-state index contributed by atoms with van der Waals surface area (Å²) < 4.78 is 7.66. The van der Waals surface area contributed by atoms with Crippen LogP contribution in [0.25, 0.3) is 0 Å². The van der Waals surface area contributed by atoms with Crippen LogP contribution in [-0.2, 0) is 16.0 Å². The molecule has 1 aromatic carbocycles. The van der Waals surface area contributed by atoms with Gasteiger partial charge in [0.2, 0.25) is 5.91 Å². The fourth-order valence-electron chi connectivity index (χ4n) is 3.83. The molecule has 0 spiro atoms. The first kappa shape index (κ1) is 26.2. The maximum atomic E-state index is 12.7. The lowest BCUT2D eigenvalue weighted by molar-refractivity contribution is -0.122. The number of aliphatic hydroxyl groups is 1. The van der Waals surface area contributed by atoms with E-state index in [-0.39, 0.29) is 11.9 Å². The molecule has 1 aromatic rings. The first-order valence-electron chi connectivity index (χ1n) is 11.5. The lowest BCUT2D eigenvalue weighted by Crippen LogP contribution is -2.39. The predicted octanol–water partition coefficient (Wildman–Crippen LogP) is 5.06. The summed E-state index contributed by atoms with van der Waals surface area (Å²) in [5.41, 5.74) is 1.25. The molecule has 1 saturated carbocycles. The van der Waals surface area contributed by atoms with E-state index in [0.29, 0.717) is 17.4 Å². The number of carbonyl (C=O) groups is 1. The number of hydrogen-bond donors (Lipinski definition) is 2. The Morgan fingerprint density at radius 3 is 2.69 bits per heavy atom. The molecule has 2 aliphatic rings. The number of hydrogen-bond acceptors (Lipinski definition) is 5. The van der Waals surface area contributed by atoms with E-state index in [1.165, 1.54) is 24.7 Å². The van der Waals surface area contributed by atoms with Gasteiger partial charge in [0.1, 0.15) is 0 Å². The zero-order valence-corrected chi connectivity index (χ0v) is 20.1. The van der Waals surface area contributed by atoms with Crippen molar-refractivity contribution in [1.29, 1.82) is 0 Å². The molecule has 6 heteroatoms. The highest BCUT2D eigenvalue weighted by molar-refractivity contribution is 8.00. The number of amides is 1. The summed E-state index contributed by atoms with van der Waals surface area (Å²) in [6.07, 6.45) is 12.9. The molecule has 176 valence electrons. The Balaban J connectivity index is 0.00000176. The summed E-state index contributed by atoms with van der Waals surface area (Å²) in [5.74, 6) is 1.32. The third-order valence-corrected chi connectivity index (χ3v) is 6.47. The van der Waals surface area contributed by atoms with Crippen LogP contribution in [-0.4, -0.2) is 41.6 Å². The molecule has 1 amide bonds. The first-order valence-corrected chi connectivity index (χ1v) is 12.2. The van der Waals surface area contributed by atoms with Crippen molar-refractivity contribution in [3.05, 3.63) is 72.6 Å². The number of ether oxygens (including phenoxy) is 1. The highest BCUT2D eigenvalue weighted by Gasteiger charge is 2.26. The van der Waals surface area contributed by atoms with E-state index in [2.05, 4.69) is 59.2 Å². The van der Waals surface area contributed by atoms with Crippen LogP contribution in [0.5, 0.6) is 0 Å². The molecule has 2 N–H and O–H groups in total. The van der Waals surface area contributed by atoms with Crippen LogP contribution in [0.3, 0.4) is 0 Å². The Labute approximate surface area is 197 Å². The molecule has 1 fully saturated rings. The SMILES string of the molecule is C=COC(=C)SN(CCC(Cc1ccccc1)NC(=O)CC1C=CCC1)CC1CC1.CO. The van der Waals surface area contributed by atoms with Crippen molar-refractivity contribution in [1.82, 2.24) is 9.62 Å². The molecule has 0 bridgehead atoms. The summed E-state index contributed by atoms with van der Waals surface area (Å²) in [7, 11) is 1.00. The van der Waals surface area contributed by atoms with Crippen molar-refractivity contribution in [3.63, 3.8) is 0 Å². The molecule has 0 radical (unpaired) electrons. The van der Waals surface area contributed by atoms with Crippen LogP contribution >= 0.6 is 11.9 Å². The van der Waals surface area contributed by atoms with Crippen LogP contribution in [0.4, 0.5) is 0 Å². The van der Waals surface area contributed by atoms with E-state index < -0.39 is 0 Å². The van der Waals surface area contributed by atoms with Gasteiger partial charge in [0.05, 0.1) is 6.26 Å². The summed E-state index contributed by atoms with van der Waals surface area (Å²) >= 11 is 1.55. The predicted molar refractivity (Wildman–Crippen MR) is 134 cm³/mol. The van der Waals surface area contributed by atoms with Gasteiger partial charge in [-0.15, -0.1) is 0 Å². The van der Waals surface area contributed by atoms with Gasteiger partial charge in [-0.25, -0.2) is 4.31 Å². The van der Waals surface area contributed by atoms with Gasteiger partial charge < -0.3 is 15.2 Å². The van der Waals surface area contributed by atoms with Gasteiger partial charge >= 0.3 is 0 Å². The monoisotopic (exact) mass is 458 g/mol. The summed E-state index contributed by atoms with van der Waals surface area (Å²) in [6.45, 7) is 9.48. The Kier molecular flexibility index (Phi) is 12.2. The maximum Gasteiger partial charge on any atom is 0.220 e. The number of nitrogens with zero attached hydrogens (tertiary/aromatic N) is 1. The molecule has 5 nitrogen and oxygen atoms in total. The third-order valence-electron chi connectivity index (χ3n) is 5.58. The molecule has 2 unspecified atom stereocenters. The lowest BCUT2D eigenvalue weighted by atomic mass is 10.0. The van der Waals surface area contributed by atoms with Crippen LogP contribution < -0.4 is 5.32 Å². The number of nitrogens with one attached hydrogen (secondary N) is 1. The quantitative estimate of drug-likeness (QED) is 0.232. The number of aliphatic hydroxyl groups excluding tert-OH is 1. The number of allylic oxidation sites excluding steroid dienone is 2. The van der Waals surface area contributed by atoms with Crippen molar-refractivity contribution >= 4 is 17.9 Å². The average Bonchev–Trinajstić information content (AvgIpc) is 3.46. The van der Waals surface area contributed by atoms with Crippen LogP contribution in [0.2, 0.25) is 0 Å². The van der Waals surface area contributed by atoms with E-state index >= 15 is 0 Å². The van der Waals surface area contributed by atoms with Crippen molar-refractivity contribution in [3.8, 4) is 0 Å². The second-order valence-corrected chi connectivity index (χ2v) is 9.45. The van der Waals surface area contributed by atoms with Crippen molar-refractivity contribution in [2.45, 2.75) is 51.0 Å². The highest BCUT2D eigenvalue weighted by Crippen LogP contribution is 2.33. The molecule has 0 saturated heterocycles. The van der Waals surface area contributed by atoms with Crippen LogP contribution in [0, 0.1) is 11.8 Å². The van der Waals surface area contributed by atoms with E-state index in [0.717, 1.165) is 51.8 Å². The van der Waals surface area contributed by atoms with Crippen LogP contribution in [0.1, 0.15) is 44.1 Å². The minimum Gasteiger partial charge on any atom is -0.458 e. The minimum atomic E-state index is 0.112. The second-order valence-electron chi connectivity index (χ2n) is 8.29. The Morgan fingerprint density at radius 2 is 2.06 bits per heavy atom. The van der Waals surface area contributed by atoms with E-state index in [4.69, 9.17) is 9.84 Å². The van der Waals surface area contributed by atoms with Gasteiger partial charge in [-0.1, -0.05) is 49.1 Å². The molecule has 0 heterocycles. The lowest BCUT2D eigenvalue weighted by Gasteiger charge is -2.25. The zero-order chi connectivity index (χ0) is 23.2. The summed E-state index contributed by atoms with van der Waals surface area (Å²) in [6, 6.07) is 10.5. The van der Waals surface area contributed by atoms with E-state index in [9.17, 15) is 4.79 Å². The molecule has 3 rings (SSSR count). The zero-order valence-electron chi connectivity index (χ0n) is 19.2. The molecule has 0 aromatic heterocycles. The molecular formula is C26H38N2O3S. The van der Waals surface area contributed by atoms with E-state index in [1.807, 2.05) is 6.07 Å². The number of rotatable bonds is 14. The second kappa shape index (κ2) is 14.9. The Bertz CT molecular complexity index is 734. The Hall–Kier alpha value is -2.02. The van der Waals surface area contributed by atoms with E-state index in [1.54, 1.807) is 11.9 Å². The topological polar surface area (TPSA) is 61.8 Å². The molecule has 2 atom stereocenters. The normalized spacial score (nSPS) is 17.9. The third kappa shape index (κ3) is 10.5. The van der Waals surface area contributed by atoms with Crippen molar-refractivity contribution < 1.29 is 14.6 Å². The number of carbonyl (C=O) groups excluding carboxylic acids is 1. The first-order chi connectivity index (χ1) is 15.6. The van der Waals surface area contributed by atoms with Gasteiger partial charge in [0.15, 0.2) is 5.09 Å². The average molecular weight is 459 g/mol. The standard InChI is InChI=1S/C25H34N2O2S.CH4O/c1-3-29-20(2)30-27(19-23-13-14-23)16-15-24(17-21-9-5-4-6-10-21)26-25(28)18-22-11-7-8-12-22;1-2/h3-7,9-11,22-24H,1-2,8,12-19H2,(H,26,28);2H,1H3. The highest BCUT2D eigenvalue weighted by atomic mass is 32.2. The van der Waals surface area contributed by atoms with Gasteiger partial charge in [-0.05, 0) is 74.5 Å². The van der Waals surface area contributed by atoms with Crippen molar-refractivity contribution in [2.24, 2.45) is 11.8 Å². The largest absolute Gasteiger partial charge is 0.458 e. The molecular weight excluding hydrogens is 420 g/mol. The van der Waals surface area contributed by atoms with Crippen LogP contribution in [0.15, 0.2) is 67.0 Å². The number of benzene rings is 1. The summed E-state index contributed by atoms with van der Waals surface area (Å²) in [5, 5.41) is 11.0. The van der Waals surface area contributed by atoms with Crippen molar-refractivity contribution in [2.75, 3.05) is 20.2 Å². The van der Waals surface area contributed by atoms with Gasteiger partial charge in [-0.3, -0.25) is 4.79 Å². The van der Waals surface area contributed by atoms with Gasteiger partial charge in [-0.2, -0.15) is 0 Å².